The van der Waals surface area contributed by atoms with Gasteiger partial charge in [-0.1, -0.05) is 41.9 Å². The molecule has 2 aromatic carbocycles. The van der Waals surface area contributed by atoms with E-state index in [9.17, 15) is 4.79 Å². The Bertz CT molecular complexity index is 1060. The number of anilines is 1. The molecule has 0 unspecified atom stereocenters. The Balaban J connectivity index is 1.30. The van der Waals surface area contributed by atoms with Crippen LogP contribution >= 0.6 is 11.6 Å². The molecule has 3 aromatic rings. The van der Waals surface area contributed by atoms with E-state index in [4.69, 9.17) is 11.6 Å². The SMILES string of the molecule is Cc1cccc(NC(=O)C[NH+]2CC[NH+](Cc3cc4ccccc4nc3Cl)CC2)c1C. The molecule has 1 aliphatic heterocycles. The molecule has 0 bridgehead atoms. The van der Waals surface area contributed by atoms with Crippen LogP contribution in [0.4, 0.5) is 5.69 Å². The number of pyridine rings is 1. The standard InChI is InChI=1S/C24H27ClN4O/c1-17-6-5-9-21(18(17)2)26-23(30)16-29-12-10-28(11-13-29)15-20-14-19-7-3-4-8-22(19)27-24(20)25/h3-9,14H,10-13,15-16H2,1-2H3,(H,26,30)/p+2. The molecule has 0 saturated carbocycles. The van der Waals surface area contributed by atoms with Crippen molar-refractivity contribution in [3.8, 4) is 0 Å². The molecule has 1 amide bonds. The third-order valence-electron chi connectivity index (χ3n) is 6.14. The summed E-state index contributed by atoms with van der Waals surface area (Å²) in [6.07, 6.45) is 0. The average molecular weight is 425 g/mol. The number of benzene rings is 2. The van der Waals surface area contributed by atoms with Gasteiger partial charge in [-0.3, -0.25) is 4.79 Å². The number of carbonyl (C=O) groups excluding carboxylic acids is 1. The first kappa shape index (κ1) is 20.8. The number of para-hydroxylation sites is 1. The van der Waals surface area contributed by atoms with E-state index in [2.05, 4.69) is 35.4 Å². The fourth-order valence-corrected chi connectivity index (χ4v) is 4.36. The lowest BCUT2D eigenvalue weighted by Crippen LogP contribution is -3.28. The predicted octanol–water partition coefficient (Wildman–Crippen LogP) is 1.43. The van der Waals surface area contributed by atoms with Gasteiger partial charge in [-0.25, -0.2) is 4.98 Å². The molecule has 2 heterocycles. The number of piperazine rings is 1. The molecule has 0 atom stereocenters. The van der Waals surface area contributed by atoms with Gasteiger partial charge in [0.1, 0.15) is 37.9 Å². The highest BCUT2D eigenvalue weighted by atomic mass is 35.5. The first-order valence-corrected chi connectivity index (χ1v) is 10.9. The van der Waals surface area contributed by atoms with Crippen molar-refractivity contribution in [1.29, 1.82) is 0 Å². The molecule has 0 aliphatic carbocycles. The number of aryl methyl sites for hydroxylation is 1. The molecule has 4 rings (SSSR count). The van der Waals surface area contributed by atoms with E-state index < -0.39 is 0 Å². The van der Waals surface area contributed by atoms with Crippen molar-refractivity contribution in [2.45, 2.75) is 20.4 Å². The van der Waals surface area contributed by atoms with Crippen molar-refractivity contribution in [3.05, 3.63) is 70.4 Å². The van der Waals surface area contributed by atoms with E-state index in [1.165, 1.54) is 15.4 Å². The Kier molecular flexibility index (Phi) is 6.32. The normalized spacial score (nSPS) is 19.0. The molecule has 1 aromatic heterocycles. The quantitative estimate of drug-likeness (QED) is 0.543. The fourth-order valence-electron chi connectivity index (χ4n) is 4.15. The van der Waals surface area contributed by atoms with Gasteiger partial charge in [0.2, 0.25) is 0 Å². The van der Waals surface area contributed by atoms with Gasteiger partial charge in [0.05, 0.1) is 5.52 Å². The second-order valence-corrected chi connectivity index (χ2v) is 8.64. The largest absolute Gasteiger partial charge is 0.322 e. The van der Waals surface area contributed by atoms with E-state index in [0.717, 1.165) is 60.4 Å². The number of hydrogen-bond donors (Lipinski definition) is 3. The second-order valence-electron chi connectivity index (χ2n) is 8.28. The van der Waals surface area contributed by atoms with E-state index in [0.29, 0.717) is 11.7 Å². The zero-order valence-corrected chi connectivity index (χ0v) is 18.4. The number of nitrogens with zero attached hydrogens (tertiary/aromatic N) is 1. The summed E-state index contributed by atoms with van der Waals surface area (Å²) in [7, 11) is 0. The van der Waals surface area contributed by atoms with Gasteiger partial charge in [0.15, 0.2) is 6.54 Å². The maximum absolute atomic E-state index is 12.5. The summed E-state index contributed by atoms with van der Waals surface area (Å²) >= 11 is 6.44. The smallest absolute Gasteiger partial charge is 0.279 e. The number of fused-ring (bicyclic) bond motifs is 1. The minimum absolute atomic E-state index is 0.0870. The molecule has 156 valence electrons. The van der Waals surface area contributed by atoms with Gasteiger partial charge in [0.25, 0.3) is 5.91 Å². The Morgan fingerprint density at radius 1 is 1.03 bits per heavy atom. The van der Waals surface area contributed by atoms with E-state index >= 15 is 0 Å². The Morgan fingerprint density at radius 3 is 2.57 bits per heavy atom. The number of nitrogens with one attached hydrogen (secondary N) is 3. The number of hydrogen-bond acceptors (Lipinski definition) is 2. The van der Waals surface area contributed by atoms with Gasteiger partial charge in [0, 0.05) is 16.6 Å². The third-order valence-corrected chi connectivity index (χ3v) is 6.47. The van der Waals surface area contributed by atoms with Crippen molar-refractivity contribution in [3.63, 3.8) is 0 Å². The molecular formula is C24H29ClN4O+2. The molecule has 1 aliphatic rings. The van der Waals surface area contributed by atoms with Gasteiger partial charge in [-0.15, -0.1) is 0 Å². The van der Waals surface area contributed by atoms with Crippen molar-refractivity contribution in [2.75, 3.05) is 38.0 Å². The monoisotopic (exact) mass is 424 g/mol. The average Bonchev–Trinajstić information content (AvgIpc) is 2.73. The highest BCUT2D eigenvalue weighted by molar-refractivity contribution is 6.30. The Hall–Kier alpha value is -2.47. The highest BCUT2D eigenvalue weighted by Gasteiger charge is 2.26. The van der Waals surface area contributed by atoms with Crippen LogP contribution in [-0.4, -0.2) is 43.6 Å². The Morgan fingerprint density at radius 2 is 1.77 bits per heavy atom. The molecule has 1 saturated heterocycles. The van der Waals surface area contributed by atoms with Crippen LogP contribution in [0.25, 0.3) is 10.9 Å². The molecule has 30 heavy (non-hydrogen) atoms. The number of carbonyl (C=O) groups is 1. The van der Waals surface area contributed by atoms with Crippen molar-refractivity contribution >= 4 is 34.1 Å². The summed E-state index contributed by atoms with van der Waals surface area (Å²) in [5, 5.41) is 4.81. The van der Waals surface area contributed by atoms with Gasteiger partial charge in [-0.05, 0) is 43.2 Å². The first-order chi connectivity index (χ1) is 14.5. The van der Waals surface area contributed by atoms with E-state index in [1.54, 1.807) is 0 Å². The summed E-state index contributed by atoms with van der Waals surface area (Å²) in [4.78, 5) is 19.9. The van der Waals surface area contributed by atoms with Crippen LogP contribution in [0.2, 0.25) is 5.15 Å². The van der Waals surface area contributed by atoms with E-state index in [-0.39, 0.29) is 5.91 Å². The minimum atomic E-state index is 0.0870. The molecule has 3 N–H and O–H groups in total. The van der Waals surface area contributed by atoms with Crippen LogP contribution in [-0.2, 0) is 11.3 Å². The van der Waals surface area contributed by atoms with E-state index in [1.807, 2.05) is 37.3 Å². The lowest BCUT2D eigenvalue weighted by Gasteiger charge is -2.29. The highest BCUT2D eigenvalue weighted by Crippen LogP contribution is 2.20. The predicted molar refractivity (Wildman–Crippen MR) is 121 cm³/mol. The maximum atomic E-state index is 12.5. The number of quaternary nitrogens is 2. The molecule has 5 nitrogen and oxygen atoms in total. The molecule has 0 spiro atoms. The summed E-state index contributed by atoms with van der Waals surface area (Å²) in [5.41, 5.74) is 5.28. The summed E-state index contributed by atoms with van der Waals surface area (Å²) < 4.78 is 0. The lowest BCUT2D eigenvalue weighted by atomic mass is 10.1. The van der Waals surface area contributed by atoms with Gasteiger partial charge < -0.3 is 15.1 Å². The topological polar surface area (TPSA) is 50.9 Å². The van der Waals surface area contributed by atoms with Crippen molar-refractivity contribution < 1.29 is 14.6 Å². The zero-order chi connectivity index (χ0) is 21.1. The molecule has 0 radical (unpaired) electrons. The fraction of sp³-hybridized carbons (Fsp3) is 0.333. The van der Waals surface area contributed by atoms with Crippen molar-refractivity contribution in [2.24, 2.45) is 0 Å². The van der Waals surface area contributed by atoms with Crippen molar-refractivity contribution in [1.82, 2.24) is 4.98 Å². The molecular weight excluding hydrogens is 396 g/mol. The number of aromatic nitrogens is 1. The second kappa shape index (κ2) is 9.13. The van der Waals surface area contributed by atoms with Gasteiger partial charge in [-0.2, -0.15) is 0 Å². The van der Waals surface area contributed by atoms with Crippen LogP contribution in [0.5, 0.6) is 0 Å². The summed E-state index contributed by atoms with van der Waals surface area (Å²) in [6, 6.07) is 16.3. The van der Waals surface area contributed by atoms with Crippen LogP contribution < -0.4 is 15.1 Å². The third kappa shape index (κ3) is 4.81. The molecule has 1 fully saturated rings. The van der Waals surface area contributed by atoms with Crippen LogP contribution in [0.15, 0.2) is 48.5 Å². The minimum Gasteiger partial charge on any atom is -0.322 e. The zero-order valence-electron chi connectivity index (χ0n) is 17.6. The molecule has 6 heteroatoms. The van der Waals surface area contributed by atoms with Crippen LogP contribution in [0.1, 0.15) is 16.7 Å². The van der Waals surface area contributed by atoms with Crippen LogP contribution in [0, 0.1) is 13.8 Å². The van der Waals surface area contributed by atoms with Crippen LogP contribution in [0.3, 0.4) is 0 Å². The van der Waals surface area contributed by atoms with Gasteiger partial charge >= 0.3 is 0 Å². The number of halogens is 1. The maximum Gasteiger partial charge on any atom is 0.279 e. The number of amides is 1. The number of rotatable bonds is 5. The summed E-state index contributed by atoms with van der Waals surface area (Å²) in [6.45, 7) is 9.51. The lowest BCUT2D eigenvalue weighted by molar-refractivity contribution is -1.02. The Labute approximate surface area is 182 Å². The first-order valence-electron chi connectivity index (χ1n) is 10.6. The summed E-state index contributed by atoms with van der Waals surface area (Å²) in [5.74, 6) is 0.0870.